The van der Waals surface area contributed by atoms with Crippen LogP contribution in [0.2, 0.25) is 0 Å². The van der Waals surface area contributed by atoms with Crippen LogP contribution in [-0.2, 0) is 17.9 Å². The van der Waals surface area contributed by atoms with Crippen molar-refractivity contribution in [3.05, 3.63) is 58.1 Å². The highest BCUT2D eigenvalue weighted by atomic mass is 19.4. The first-order chi connectivity index (χ1) is 16.6. The molecule has 4 rings (SSSR count). The van der Waals surface area contributed by atoms with Crippen LogP contribution < -0.4 is 20.6 Å². The Hall–Kier alpha value is -3.91. The molecule has 0 radical (unpaired) electrons. The number of β-amino-alcohol motifs (C(OH)–C–C–N with tert-alkyl or cyclic N) is 1. The van der Waals surface area contributed by atoms with Crippen molar-refractivity contribution < 1.29 is 37.7 Å². The number of halogens is 3. The van der Waals surface area contributed by atoms with Crippen molar-refractivity contribution >= 4 is 23.1 Å². The van der Waals surface area contributed by atoms with Gasteiger partial charge in [-0.25, -0.2) is 13.9 Å². The maximum absolute atomic E-state index is 13.0. The van der Waals surface area contributed by atoms with Crippen molar-refractivity contribution in [1.29, 1.82) is 0 Å². The van der Waals surface area contributed by atoms with E-state index < -0.39 is 35.7 Å². The molecule has 0 spiro atoms. The van der Waals surface area contributed by atoms with Crippen molar-refractivity contribution in [2.75, 3.05) is 18.1 Å². The van der Waals surface area contributed by atoms with E-state index in [1.807, 2.05) is 0 Å². The number of rotatable bonds is 7. The first kappa shape index (κ1) is 24.2. The average Bonchev–Trinajstić information content (AvgIpc) is 3.29. The molecular formula is C21H20F3N5O6. The van der Waals surface area contributed by atoms with Crippen molar-refractivity contribution in [2.45, 2.75) is 32.0 Å². The van der Waals surface area contributed by atoms with Crippen molar-refractivity contribution in [1.82, 2.24) is 19.5 Å². The summed E-state index contributed by atoms with van der Waals surface area (Å²) in [6, 6.07) is 6.49. The molecule has 1 aliphatic rings. The Balaban J connectivity index is 1.55. The summed E-state index contributed by atoms with van der Waals surface area (Å²) in [5.41, 5.74) is -0.166. The molecule has 1 aromatic carbocycles. The SMILES string of the molecule is O=C(NCc1ccc(N2C[C@H](O)CC2=O)cc1OC(F)(F)F)c1ccc2nn(CCO)c(=O)n2c1. The Morgan fingerprint density at radius 3 is 2.66 bits per heavy atom. The Bertz CT molecular complexity index is 1340. The molecule has 2 amide bonds. The molecule has 1 atom stereocenters. The zero-order valence-electron chi connectivity index (χ0n) is 18.0. The Kier molecular flexibility index (Phi) is 6.49. The van der Waals surface area contributed by atoms with Gasteiger partial charge in [0, 0.05) is 30.1 Å². The zero-order valence-corrected chi connectivity index (χ0v) is 18.0. The van der Waals surface area contributed by atoms with Gasteiger partial charge in [0.15, 0.2) is 5.65 Å². The van der Waals surface area contributed by atoms with Gasteiger partial charge in [-0.3, -0.25) is 9.59 Å². The number of ether oxygens (including phenoxy) is 1. The third-order valence-corrected chi connectivity index (χ3v) is 5.28. The van der Waals surface area contributed by atoms with Crippen LogP contribution in [0.5, 0.6) is 5.75 Å². The molecular weight excluding hydrogens is 475 g/mol. The number of benzene rings is 1. The lowest BCUT2D eigenvalue weighted by atomic mass is 10.1. The summed E-state index contributed by atoms with van der Waals surface area (Å²) < 4.78 is 45.2. The van der Waals surface area contributed by atoms with Gasteiger partial charge in [-0.15, -0.1) is 18.3 Å². The molecule has 0 unspecified atom stereocenters. The molecule has 2 aromatic heterocycles. The largest absolute Gasteiger partial charge is 0.573 e. The van der Waals surface area contributed by atoms with Crippen molar-refractivity contribution in [3.63, 3.8) is 0 Å². The summed E-state index contributed by atoms with van der Waals surface area (Å²) in [5, 5.41) is 25.1. The molecule has 1 aliphatic heterocycles. The van der Waals surface area contributed by atoms with E-state index in [2.05, 4.69) is 15.2 Å². The highest BCUT2D eigenvalue weighted by Crippen LogP contribution is 2.32. The predicted molar refractivity (Wildman–Crippen MR) is 114 cm³/mol. The number of aliphatic hydroxyl groups is 2. The molecule has 14 heteroatoms. The van der Waals surface area contributed by atoms with Gasteiger partial charge in [0.2, 0.25) is 5.91 Å². The fourth-order valence-electron chi connectivity index (χ4n) is 3.69. The average molecular weight is 495 g/mol. The van der Waals surface area contributed by atoms with Gasteiger partial charge in [-0.1, -0.05) is 6.07 Å². The van der Waals surface area contributed by atoms with Gasteiger partial charge in [-0.05, 0) is 18.2 Å². The van der Waals surface area contributed by atoms with Gasteiger partial charge in [0.1, 0.15) is 5.75 Å². The quantitative estimate of drug-likeness (QED) is 0.432. The van der Waals surface area contributed by atoms with E-state index in [0.717, 1.165) is 20.0 Å². The number of aliphatic hydroxyl groups excluding tert-OH is 2. The van der Waals surface area contributed by atoms with Crippen LogP contribution in [0.4, 0.5) is 18.9 Å². The number of alkyl halides is 3. The van der Waals surface area contributed by atoms with Crippen molar-refractivity contribution in [2.24, 2.45) is 0 Å². The van der Waals surface area contributed by atoms with E-state index in [1.165, 1.54) is 30.5 Å². The molecule has 35 heavy (non-hydrogen) atoms. The predicted octanol–water partition coefficient (Wildman–Crippen LogP) is 0.414. The summed E-state index contributed by atoms with van der Waals surface area (Å²) in [7, 11) is 0. The van der Waals surface area contributed by atoms with Crippen LogP contribution in [-0.4, -0.2) is 61.8 Å². The lowest BCUT2D eigenvalue weighted by molar-refractivity contribution is -0.274. The van der Waals surface area contributed by atoms with Gasteiger partial charge in [0.05, 0.1) is 37.8 Å². The van der Waals surface area contributed by atoms with E-state index >= 15 is 0 Å². The van der Waals surface area contributed by atoms with Crippen LogP contribution in [0.1, 0.15) is 22.3 Å². The zero-order chi connectivity index (χ0) is 25.3. The third-order valence-electron chi connectivity index (χ3n) is 5.28. The molecule has 0 aliphatic carbocycles. The molecule has 3 aromatic rings. The summed E-state index contributed by atoms with van der Waals surface area (Å²) in [6.45, 7) is -0.734. The minimum atomic E-state index is -5.02. The Labute approximate surface area is 194 Å². The summed E-state index contributed by atoms with van der Waals surface area (Å²) in [5.74, 6) is -1.72. The van der Waals surface area contributed by atoms with E-state index in [-0.39, 0.29) is 55.1 Å². The summed E-state index contributed by atoms with van der Waals surface area (Å²) in [4.78, 5) is 38.1. The normalized spacial score (nSPS) is 16.2. The first-order valence-corrected chi connectivity index (χ1v) is 10.4. The molecule has 11 nitrogen and oxygen atoms in total. The van der Waals surface area contributed by atoms with Crippen LogP contribution >= 0.6 is 0 Å². The Morgan fingerprint density at radius 2 is 2.00 bits per heavy atom. The van der Waals surface area contributed by atoms with Gasteiger partial charge in [0.25, 0.3) is 5.91 Å². The van der Waals surface area contributed by atoms with E-state index in [4.69, 9.17) is 5.11 Å². The van der Waals surface area contributed by atoms with Crippen LogP contribution in [0.15, 0.2) is 41.3 Å². The molecule has 0 saturated carbocycles. The Morgan fingerprint density at radius 1 is 1.23 bits per heavy atom. The topological polar surface area (TPSA) is 138 Å². The fraction of sp³-hybridized carbons (Fsp3) is 0.333. The van der Waals surface area contributed by atoms with Gasteiger partial charge >= 0.3 is 12.1 Å². The summed E-state index contributed by atoms with van der Waals surface area (Å²) >= 11 is 0. The number of fused-ring (bicyclic) bond motifs is 1. The molecule has 1 fully saturated rings. The summed E-state index contributed by atoms with van der Waals surface area (Å²) in [6.07, 6.45) is -4.85. The second kappa shape index (κ2) is 9.38. The molecule has 3 N–H and O–H groups in total. The smallest absolute Gasteiger partial charge is 0.405 e. The van der Waals surface area contributed by atoms with Crippen molar-refractivity contribution in [3.8, 4) is 5.75 Å². The second-order valence-electron chi connectivity index (χ2n) is 7.76. The number of pyridine rings is 1. The molecule has 1 saturated heterocycles. The number of hydrogen-bond acceptors (Lipinski definition) is 7. The number of carbonyl (C=O) groups excluding carboxylic acids is 2. The van der Waals surface area contributed by atoms with Crippen LogP contribution in [0.3, 0.4) is 0 Å². The van der Waals surface area contributed by atoms with Gasteiger partial charge in [-0.2, -0.15) is 0 Å². The number of nitrogens with one attached hydrogen (secondary N) is 1. The number of carbonyl (C=O) groups is 2. The number of nitrogens with zero attached hydrogens (tertiary/aromatic N) is 4. The maximum Gasteiger partial charge on any atom is 0.573 e. The van der Waals surface area contributed by atoms with E-state index in [9.17, 15) is 32.7 Å². The molecule has 3 heterocycles. The third kappa shape index (κ3) is 5.27. The lowest BCUT2D eigenvalue weighted by Gasteiger charge is -2.20. The monoisotopic (exact) mass is 495 g/mol. The number of aromatic nitrogens is 3. The van der Waals surface area contributed by atoms with Gasteiger partial charge < -0.3 is 25.2 Å². The minimum absolute atomic E-state index is 0.0133. The van der Waals surface area contributed by atoms with Crippen LogP contribution in [0, 0.1) is 0 Å². The first-order valence-electron chi connectivity index (χ1n) is 10.4. The van der Waals surface area contributed by atoms with E-state index in [0.29, 0.717) is 0 Å². The minimum Gasteiger partial charge on any atom is -0.405 e. The number of hydrogen-bond donors (Lipinski definition) is 3. The number of amides is 2. The highest BCUT2D eigenvalue weighted by Gasteiger charge is 2.34. The maximum atomic E-state index is 13.0. The molecule has 186 valence electrons. The highest BCUT2D eigenvalue weighted by molar-refractivity contribution is 5.96. The fourth-order valence-corrected chi connectivity index (χ4v) is 3.69. The standard InChI is InChI=1S/C21H20F3N5O6/c22-21(23,24)35-16-7-14(27-11-15(31)8-18(27)32)3-1-12(16)9-25-19(33)13-2-4-17-26-29(5-6-30)20(34)28(17)10-13/h1-4,7,10,15,30-31H,5-6,8-9,11H2,(H,25,33)/t15-/m1/s1. The van der Waals surface area contributed by atoms with Crippen LogP contribution in [0.25, 0.3) is 5.65 Å². The second-order valence-corrected chi connectivity index (χ2v) is 7.76. The lowest BCUT2D eigenvalue weighted by Crippen LogP contribution is -2.27. The molecule has 0 bridgehead atoms. The number of anilines is 1. The van der Waals surface area contributed by atoms with E-state index in [1.54, 1.807) is 0 Å².